The second-order valence-corrected chi connectivity index (χ2v) is 7.29. The van der Waals surface area contributed by atoms with Crippen molar-refractivity contribution >= 4 is 5.82 Å². The Kier molecular flexibility index (Phi) is 5.53. The number of rotatable bonds is 4. The Morgan fingerprint density at radius 2 is 1.89 bits per heavy atom. The van der Waals surface area contributed by atoms with Crippen LogP contribution < -0.4 is 10.5 Å². The van der Waals surface area contributed by atoms with Crippen molar-refractivity contribution in [2.45, 2.75) is 45.3 Å². The first kappa shape index (κ1) is 19.4. The molecule has 2 aromatic rings. The Balaban J connectivity index is 1.58. The van der Waals surface area contributed by atoms with Crippen LogP contribution in [0.5, 0.6) is 0 Å². The van der Waals surface area contributed by atoms with Crippen LogP contribution >= 0.6 is 0 Å². The summed E-state index contributed by atoms with van der Waals surface area (Å²) in [6.07, 6.45) is -0.183. The van der Waals surface area contributed by atoms with E-state index in [2.05, 4.69) is 9.97 Å². The SMILES string of the molecule is CC(C)c1cc(=O)n(CC2CCN(c3ccc(C(F)(F)F)cn3)CC2)cn1. The minimum Gasteiger partial charge on any atom is -0.357 e. The molecule has 0 amide bonds. The zero-order chi connectivity index (χ0) is 19.6. The first-order valence-corrected chi connectivity index (χ1v) is 9.08. The number of aromatic nitrogens is 3. The maximum atomic E-state index is 12.6. The van der Waals surface area contributed by atoms with E-state index in [0.29, 0.717) is 31.4 Å². The van der Waals surface area contributed by atoms with Crippen LogP contribution in [-0.2, 0) is 12.7 Å². The standard InChI is InChI=1S/C19H23F3N4O/c1-13(2)16-9-18(27)26(12-24-16)11-14-5-7-25(8-6-14)17-4-3-15(10-23-17)19(20,21)22/h3-4,9-10,12-14H,5-8,11H2,1-2H3. The molecule has 0 radical (unpaired) electrons. The molecular weight excluding hydrogens is 357 g/mol. The molecule has 0 spiro atoms. The number of halogens is 3. The molecule has 27 heavy (non-hydrogen) atoms. The van der Waals surface area contributed by atoms with Crippen molar-refractivity contribution in [2.75, 3.05) is 18.0 Å². The normalized spacial score (nSPS) is 16.1. The van der Waals surface area contributed by atoms with E-state index in [1.807, 2.05) is 18.7 Å². The lowest BCUT2D eigenvalue weighted by Crippen LogP contribution is -2.36. The molecule has 1 aliphatic heterocycles. The van der Waals surface area contributed by atoms with Crippen LogP contribution in [0.4, 0.5) is 19.0 Å². The van der Waals surface area contributed by atoms with Crippen LogP contribution in [-0.4, -0.2) is 27.6 Å². The average molecular weight is 380 g/mol. The van der Waals surface area contributed by atoms with Gasteiger partial charge in [0.05, 0.1) is 17.6 Å². The second kappa shape index (κ2) is 7.70. The monoisotopic (exact) mass is 380 g/mol. The Hall–Kier alpha value is -2.38. The molecule has 2 aromatic heterocycles. The van der Waals surface area contributed by atoms with E-state index in [1.165, 1.54) is 6.07 Å². The van der Waals surface area contributed by atoms with Gasteiger partial charge in [0.25, 0.3) is 5.56 Å². The molecule has 3 heterocycles. The topological polar surface area (TPSA) is 51.0 Å². The summed E-state index contributed by atoms with van der Waals surface area (Å²) in [6.45, 7) is 6.01. The van der Waals surface area contributed by atoms with Gasteiger partial charge in [0.2, 0.25) is 0 Å². The molecule has 0 saturated carbocycles. The zero-order valence-electron chi connectivity index (χ0n) is 15.4. The molecule has 0 aliphatic carbocycles. The van der Waals surface area contributed by atoms with Gasteiger partial charge in [-0.25, -0.2) is 9.97 Å². The minimum absolute atomic E-state index is 0.0412. The number of anilines is 1. The van der Waals surface area contributed by atoms with E-state index in [9.17, 15) is 18.0 Å². The van der Waals surface area contributed by atoms with Crippen molar-refractivity contribution in [3.8, 4) is 0 Å². The number of nitrogens with zero attached hydrogens (tertiary/aromatic N) is 4. The third kappa shape index (κ3) is 4.67. The van der Waals surface area contributed by atoms with Crippen LogP contribution in [0.1, 0.15) is 43.9 Å². The number of piperidine rings is 1. The van der Waals surface area contributed by atoms with Gasteiger partial charge < -0.3 is 4.90 Å². The molecule has 1 saturated heterocycles. The van der Waals surface area contributed by atoms with E-state index >= 15 is 0 Å². The Labute approximate surface area is 155 Å². The Morgan fingerprint density at radius 1 is 1.19 bits per heavy atom. The van der Waals surface area contributed by atoms with Crippen molar-refractivity contribution in [3.63, 3.8) is 0 Å². The van der Waals surface area contributed by atoms with Crippen molar-refractivity contribution in [3.05, 3.63) is 52.3 Å². The van der Waals surface area contributed by atoms with E-state index in [4.69, 9.17) is 0 Å². The summed E-state index contributed by atoms with van der Waals surface area (Å²) in [4.78, 5) is 22.5. The highest BCUT2D eigenvalue weighted by Gasteiger charge is 2.31. The lowest BCUT2D eigenvalue weighted by molar-refractivity contribution is -0.137. The molecule has 1 aliphatic rings. The summed E-state index contributed by atoms with van der Waals surface area (Å²) in [7, 11) is 0. The van der Waals surface area contributed by atoms with Gasteiger partial charge in [-0.05, 0) is 36.8 Å². The molecule has 0 unspecified atom stereocenters. The molecule has 146 valence electrons. The third-order valence-corrected chi connectivity index (χ3v) is 4.96. The molecule has 5 nitrogen and oxygen atoms in total. The van der Waals surface area contributed by atoms with Crippen LogP contribution in [0.15, 0.2) is 35.5 Å². The minimum atomic E-state index is -4.37. The van der Waals surface area contributed by atoms with Gasteiger partial charge in [-0.15, -0.1) is 0 Å². The molecule has 0 N–H and O–H groups in total. The van der Waals surface area contributed by atoms with E-state index in [1.54, 1.807) is 17.0 Å². The van der Waals surface area contributed by atoms with Gasteiger partial charge in [-0.1, -0.05) is 13.8 Å². The number of pyridine rings is 1. The van der Waals surface area contributed by atoms with Gasteiger partial charge in [0, 0.05) is 31.9 Å². The number of alkyl halides is 3. The van der Waals surface area contributed by atoms with Gasteiger partial charge in [-0.3, -0.25) is 9.36 Å². The number of hydrogen-bond donors (Lipinski definition) is 0. The highest BCUT2D eigenvalue weighted by Crippen LogP contribution is 2.30. The van der Waals surface area contributed by atoms with Gasteiger partial charge >= 0.3 is 6.18 Å². The highest BCUT2D eigenvalue weighted by atomic mass is 19.4. The first-order valence-electron chi connectivity index (χ1n) is 9.08. The predicted molar refractivity (Wildman–Crippen MR) is 96.8 cm³/mol. The lowest BCUT2D eigenvalue weighted by atomic mass is 9.96. The summed E-state index contributed by atoms with van der Waals surface area (Å²) in [5, 5.41) is 0. The lowest BCUT2D eigenvalue weighted by Gasteiger charge is -2.33. The maximum absolute atomic E-state index is 12.6. The van der Waals surface area contributed by atoms with Crippen LogP contribution in [0.3, 0.4) is 0 Å². The molecule has 0 atom stereocenters. The largest absolute Gasteiger partial charge is 0.417 e. The fourth-order valence-electron chi connectivity index (χ4n) is 3.26. The Bertz CT molecular complexity index is 822. The van der Waals surface area contributed by atoms with Gasteiger partial charge in [0.1, 0.15) is 5.82 Å². The highest BCUT2D eigenvalue weighted by molar-refractivity contribution is 5.40. The third-order valence-electron chi connectivity index (χ3n) is 4.96. The average Bonchev–Trinajstić information content (AvgIpc) is 2.63. The molecule has 0 bridgehead atoms. The smallest absolute Gasteiger partial charge is 0.357 e. The van der Waals surface area contributed by atoms with Crippen LogP contribution in [0.25, 0.3) is 0 Å². The maximum Gasteiger partial charge on any atom is 0.417 e. The molecule has 1 fully saturated rings. The predicted octanol–water partition coefficient (Wildman–Crippen LogP) is 3.70. The summed E-state index contributed by atoms with van der Waals surface area (Å²) in [6, 6.07) is 4.07. The number of hydrogen-bond acceptors (Lipinski definition) is 4. The Morgan fingerprint density at radius 3 is 2.41 bits per heavy atom. The summed E-state index contributed by atoms with van der Waals surface area (Å²) in [5.41, 5.74) is 0.0119. The van der Waals surface area contributed by atoms with E-state index in [-0.39, 0.29) is 11.5 Å². The fraction of sp³-hybridized carbons (Fsp3) is 0.526. The first-order chi connectivity index (χ1) is 12.7. The van der Waals surface area contributed by atoms with Gasteiger partial charge in [-0.2, -0.15) is 13.2 Å². The van der Waals surface area contributed by atoms with Crippen molar-refractivity contribution in [2.24, 2.45) is 5.92 Å². The van der Waals surface area contributed by atoms with E-state index in [0.717, 1.165) is 30.8 Å². The molecule has 8 heteroatoms. The van der Waals surface area contributed by atoms with E-state index < -0.39 is 11.7 Å². The summed E-state index contributed by atoms with van der Waals surface area (Å²) < 4.78 is 39.5. The van der Waals surface area contributed by atoms with Gasteiger partial charge in [0.15, 0.2) is 0 Å². The molecule has 0 aromatic carbocycles. The zero-order valence-corrected chi connectivity index (χ0v) is 15.4. The summed E-state index contributed by atoms with van der Waals surface area (Å²) in [5.74, 6) is 1.11. The molecule has 3 rings (SSSR count). The van der Waals surface area contributed by atoms with Crippen LogP contribution in [0, 0.1) is 5.92 Å². The fourth-order valence-corrected chi connectivity index (χ4v) is 3.26. The van der Waals surface area contributed by atoms with Crippen molar-refractivity contribution in [1.29, 1.82) is 0 Å². The van der Waals surface area contributed by atoms with Crippen molar-refractivity contribution in [1.82, 2.24) is 14.5 Å². The van der Waals surface area contributed by atoms with Crippen molar-refractivity contribution < 1.29 is 13.2 Å². The quantitative estimate of drug-likeness (QED) is 0.812. The molecular formula is C19H23F3N4O. The van der Waals surface area contributed by atoms with Crippen LogP contribution in [0.2, 0.25) is 0 Å². The second-order valence-electron chi connectivity index (χ2n) is 7.29. The summed E-state index contributed by atoms with van der Waals surface area (Å²) >= 11 is 0.